The fourth-order valence-corrected chi connectivity index (χ4v) is 3.10. The van der Waals surface area contributed by atoms with E-state index >= 15 is 0 Å². The van der Waals surface area contributed by atoms with E-state index < -0.39 is 5.41 Å². The monoisotopic (exact) mass is 359 g/mol. The summed E-state index contributed by atoms with van der Waals surface area (Å²) in [6.07, 6.45) is 1.72. The number of carbonyl (C=O) groups excluding carboxylic acids is 2. The fourth-order valence-electron chi connectivity index (χ4n) is 3.10. The Balaban J connectivity index is 1.72. The zero-order valence-corrected chi connectivity index (χ0v) is 16.6. The Labute approximate surface area is 157 Å². The first-order valence-electron chi connectivity index (χ1n) is 9.54. The van der Waals surface area contributed by atoms with Crippen LogP contribution in [-0.2, 0) is 16.1 Å². The number of nitrogens with zero attached hydrogens (tertiary/aromatic N) is 1. The number of rotatable bonds is 6. The van der Waals surface area contributed by atoms with Gasteiger partial charge in [0.2, 0.25) is 11.8 Å². The second-order valence-corrected chi connectivity index (χ2v) is 8.58. The van der Waals surface area contributed by atoms with Gasteiger partial charge in [-0.05, 0) is 31.5 Å². The van der Waals surface area contributed by atoms with Gasteiger partial charge in [-0.1, -0.05) is 58.0 Å². The van der Waals surface area contributed by atoms with E-state index in [1.165, 1.54) is 5.56 Å². The molecule has 26 heavy (non-hydrogen) atoms. The molecule has 2 rings (SSSR count). The normalized spacial score (nSPS) is 17.5. The van der Waals surface area contributed by atoms with Gasteiger partial charge in [0, 0.05) is 30.5 Å². The molecule has 0 aliphatic carbocycles. The van der Waals surface area contributed by atoms with Crippen LogP contribution in [0.4, 0.5) is 0 Å². The second-order valence-electron chi connectivity index (χ2n) is 8.58. The molecule has 1 aliphatic heterocycles. The third-order valence-electron chi connectivity index (χ3n) is 5.13. The molecule has 1 aliphatic rings. The maximum absolute atomic E-state index is 12.6. The predicted octanol–water partition coefficient (Wildman–Crippen LogP) is 2.57. The highest BCUT2D eigenvalue weighted by atomic mass is 16.2. The van der Waals surface area contributed by atoms with E-state index in [9.17, 15) is 9.59 Å². The van der Waals surface area contributed by atoms with Gasteiger partial charge < -0.3 is 10.6 Å². The third-order valence-corrected chi connectivity index (χ3v) is 5.13. The smallest absolute Gasteiger partial charge is 0.226 e. The van der Waals surface area contributed by atoms with Crippen LogP contribution in [0.1, 0.15) is 46.1 Å². The van der Waals surface area contributed by atoms with Crippen molar-refractivity contribution in [2.24, 2.45) is 10.8 Å². The van der Waals surface area contributed by atoms with Gasteiger partial charge >= 0.3 is 0 Å². The molecule has 0 atom stereocenters. The summed E-state index contributed by atoms with van der Waals surface area (Å²) in [5, 5.41) is 5.86. The van der Waals surface area contributed by atoms with Gasteiger partial charge in [0.1, 0.15) is 0 Å². The average molecular weight is 360 g/mol. The Hall–Kier alpha value is -1.88. The molecule has 0 unspecified atom stereocenters. The quantitative estimate of drug-likeness (QED) is 0.768. The summed E-state index contributed by atoms with van der Waals surface area (Å²) in [5.41, 5.74) is 0.595. The molecule has 5 heteroatoms. The lowest BCUT2D eigenvalue weighted by Gasteiger charge is -2.38. The van der Waals surface area contributed by atoms with Crippen LogP contribution in [0.25, 0.3) is 0 Å². The summed E-state index contributed by atoms with van der Waals surface area (Å²) in [6, 6.07) is 10.5. The maximum atomic E-state index is 12.6. The molecule has 1 saturated heterocycles. The minimum absolute atomic E-state index is 0.00665. The largest absolute Gasteiger partial charge is 0.354 e. The van der Waals surface area contributed by atoms with Crippen molar-refractivity contribution in [3.05, 3.63) is 35.9 Å². The maximum Gasteiger partial charge on any atom is 0.226 e. The Morgan fingerprint density at radius 1 is 1.04 bits per heavy atom. The zero-order chi connectivity index (χ0) is 19.2. The van der Waals surface area contributed by atoms with Crippen molar-refractivity contribution < 1.29 is 9.59 Å². The molecule has 1 heterocycles. The number of benzene rings is 1. The Bertz CT molecular complexity index is 599. The van der Waals surface area contributed by atoms with Crippen molar-refractivity contribution in [2.45, 2.75) is 47.1 Å². The van der Waals surface area contributed by atoms with Gasteiger partial charge in [-0.15, -0.1) is 0 Å². The number of hydrogen-bond donors (Lipinski definition) is 2. The van der Waals surface area contributed by atoms with Crippen LogP contribution < -0.4 is 10.6 Å². The molecule has 0 radical (unpaired) electrons. The van der Waals surface area contributed by atoms with Gasteiger partial charge in [0.05, 0.1) is 0 Å². The molecular weight excluding hydrogens is 326 g/mol. The molecule has 0 spiro atoms. The van der Waals surface area contributed by atoms with E-state index in [1.807, 2.05) is 26.8 Å². The van der Waals surface area contributed by atoms with Gasteiger partial charge in [0.15, 0.2) is 0 Å². The number of piperidine rings is 1. The van der Waals surface area contributed by atoms with Crippen molar-refractivity contribution in [3.63, 3.8) is 0 Å². The molecule has 0 bridgehead atoms. The summed E-state index contributed by atoms with van der Waals surface area (Å²) in [5.74, 6) is 0.106. The number of likely N-dealkylation sites (tertiary alicyclic amines) is 1. The molecular formula is C21H33N3O2. The lowest BCUT2D eigenvalue weighted by molar-refractivity contribution is -0.133. The minimum atomic E-state index is -0.401. The fraction of sp³-hybridized carbons (Fsp3) is 0.619. The van der Waals surface area contributed by atoms with Crippen LogP contribution >= 0.6 is 0 Å². The second kappa shape index (κ2) is 8.67. The van der Waals surface area contributed by atoms with E-state index in [2.05, 4.69) is 46.7 Å². The van der Waals surface area contributed by atoms with Crippen molar-refractivity contribution in [1.29, 1.82) is 0 Å². The SMILES string of the molecule is CC(C)(C)C(=O)NCCNC(=O)C1(C)CCN(Cc2ccccc2)CC1. The van der Waals surface area contributed by atoms with E-state index in [0.29, 0.717) is 13.1 Å². The van der Waals surface area contributed by atoms with Gasteiger partial charge in [0.25, 0.3) is 0 Å². The van der Waals surface area contributed by atoms with Crippen LogP contribution in [0.3, 0.4) is 0 Å². The third kappa shape index (κ3) is 5.84. The molecule has 5 nitrogen and oxygen atoms in total. The first-order valence-corrected chi connectivity index (χ1v) is 9.54. The van der Waals surface area contributed by atoms with E-state index in [-0.39, 0.29) is 17.2 Å². The lowest BCUT2D eigenvalue weighted by atomic mass is 9.79. The predicted molar refractivity (Wildman–Crippen MR) is 105 cm³/mol. The highest BCUT2D eigenvalue weighted by Crippen LogP contribution is 2.31. The highest BCUT2D eigenvalue weighted by Gasteiger charge is 2.36. The Morgan fingerprint density at radius 3 is 2.19 bits per heavy atom. The number of amides is 2. The van der Waals surface area contributed by atoms with Crippen molar-refractivity contribution >= 4 is 11.8 Å². The summed E-state index contributed by atoms with van der Waals surface area (Å²) >= 11 is 0. The molecule has 1 fully saturated rings. The Kier molecular flexibility index (Phi) is 6.81. The summed E-state index contributed by atoms with van der Waals surface area (Å²) < 4.78 is 0. The Morgan fingerprint density at radius 2 is 1.62 bits per heavy atom. The summed E-state index contributed by atoms with van der Waals surface area (Å²) in [7, 11) is 0. The van der Waals surface area contributed by atoms with Gasteiger partial charge in [-0.3, -0.25) is 14.5 Å². The molecule has 1 aromatic carbocycles. The zero-order valence-electron chi connectivity index (χ0n) is 16.6. The number of nitrogens with one attached hydrogen (secondary N) is 2. The molecule has 2 amide bonds. The van der Waals surface area contributed by atoms with Gasteiger partial charge in [-0.2, -0.15) is 0 Å². The number of hydrogen-bond acceptors (Lipinski definition) is 3. The summed E-state index contributed by atoms with van der Waals surface area (Å²) in [6.45, 7) is 11.4. The standard InChI is InChI=1S/C21H33N3O2/c1-20(2,3)18(25)22-12-13-23-19(26)21(4)10-14-24(15-11-21)16-17-8-6-5-7-9-17/h5-9H,10-16H2,1-4H3,(H,22,25)(H,23,26). The van der Waals surface area contributed by atoms with Crippen LogP contribution in [0.5, 0.6) is 0 Å². The van der Waals surface area contributed by atoms with E-state index in [0.717, 1.165) is 32.5 Å². The average Bonchev–Trinajstić information content (AvgIpc) is 2.60. The van der Waals surface area contributed by atoms with Crippen LogP contribution in [0.2, 0.25) is 0 Å². The molecule has 1 aromatic rings. The van der Waals surface area contributed by atoms with Crippen LogP contribution in [-0.4, -0.2) is 42.9 Å². The van der Waals surface area contributed by atoms with Crippen LogP contribution in [0, 0.1) is 10.8 Å². The minimum Gasteiger partial charge on any atom is -0.354 e. The molecule has 0 saturated carbocycles. The van der Waals surface area contributed by atoms with Crippen molar-refractivity contribution in [3.8, 4) is 0 Å². The molecule has 144 valence electrons. The van der Waals surface area contributed by atoms with Crippen molar-refractivity contribution in [1.82, 2.24) is 15.5 Å². The topological polar surface area (TPSA) is 61.4 Å². The first-order chi connectivity index (χ1) is 12.2. The highest BCUT2D eigenvalue weighted by molar-refractivity contribution is 5.83. The van der Waals surface area contributed by atoms with Crippen molar-refractivity contribution in [2.75, 3.05) is 26.2 Å². The molecule has 0 aromatic heterocycles. The van der Waals surface area contributed by atoms with Crippen LogP contribution in [0.15, 0.2) is 30.3 Å². The number of carbonyl (C=O) groups is 2. The van der Waals surface area contributed by atoms with E-state index in [1.54, 1.807) is 0 Å². The molecule has 2 N–H and O–H groups in total. The summed E-state index contributed by atoms with van der Waals surface area (Å²) in [4.78, 5) is 26.8. The van der Waals surface area contributed by atoms with E-state index in [4.69, 9.17) is 0 Å². The first kappa shape index (κ1) is 20.4. The lowest BCUT2D eigenvalue weighted by Crippen LogP contribution is -2.48. The van der Waals surface area contributed by atoms with Gasteiger partial charge in [-0.25, -0.2) is 0 Å².